The third kappa shape index (κ3) is 2.81. The van der Waals surface area contributed by atoms with Gasteiger partial charge in [0.2, 0.25) is 10.0 Å². The van der Waals surface area contributed by atoms with Crippen LogP contribution in [0.4, 0.5) is 0 Å². The first kappa shape index (κ1) is 12.7. The maximum atomic E-state index is 11.7. The molecule has 0 aliphatic carbocycles. The van der Waals surface area contributed by atoms with E-state index in [2.05, 4.69) is 14.7 Å². The second-order valence-corrected chi connectivity index (χ2v) is 5.40. The fraction of sp³-hybridized carbons (Fsp3) is 0.556. The molecule has 16 heavy (non-hydrogen) atoms. The standard InChI is InChI=1S/C9H14N4O2S/c1-3-8(9-11-4-5-12-9)13-16(14,15)7(2)6-10/h4-5,7-8,13H,3H2,1-2H3,(H,11,12). The molecule has 0 radical (unpaired) electrons. The van der Waals surface area contributed by atoms with Gasteiger partial charge in [0, 0.05) is 12.4 Å². The fourth-order valence-corrected chi connectivity index (χ4v) is 2.19. The van der Waals surface area contributed by atoms with Crippen molar-refractivity contribution in [3.05, 3.63) is 18.2 Å². The van der Waals surface area contributed by atoms with Gasteiger partial charge in [0.1, 0.15) is 5.82 Å². The van der Waals surface area contributed by atoms with Gasteiger partial charge in [0.15, 0.2) is 5.25 Å². The fourth-order valence-electron chi connectivity index (χ4n) is 1.17. The highest BCUT2D eigenvalue weighted by Gasteiger charge is 2.25. The lowest BCUT2D eigenvalue weighted by molar-refractivity contribution is 0.536. The molecule has 7 heteroatoms. The second kappa shape index (κ2) is 5.09. The molecule has 1 heterocycles. The first-order valence-corrected chi connectivity index (χ1v) is 6.46. The van der Waals surface area contributed by atoms with Crippen molar-refractivity contribution in [2.24, 2.45) is 0 Å². The normalized spacial score (nSPS) is 15.3. The van der Waals surface area contributed by atoms with E-state index in [0.717, 1.165) is 0 Å². The van der Waals surface area contributed by atoms with E-state index >= 15 is 0 Å². The van der Waals surface area contributed by atoms with Gasteiger partial charge in [-0.3, -0.25) is 0 Å². The molecule has 0 aliphatic heterocycles. The van der Waals surface area contributed by atoms with Gasteiger partial charge in [-0.15, -0.1) is 0 Å². The molecule has 88 valence electrons. The van der Waals surface area contributed by atoms with Crippen LogP contribution in [-0.4, -0.2) is 23.6 Å². The molecular formula is C9H14N4O2S. The summed E-state index contributed by atoms with van der Waals surface area (Å²) < 4.78 is 25.8. The van der Waals surface area contributed by atoms with Gasteiger partial charge in [0.25, 0.3) is 0 Å². The number of hydrogen-bond donors (Lipinski definition) is 2. The highest BCUT2D eigenvalue weighted by atomic mass is 32.2. The van der Waals surface area contributed by atoms with Crippen LogP contribution >= 0.6 is 0 Å². The third-order valence-corrected chi connectivity index (χ3v) is 3.86. The summed E-state index contributed by atoms with van der Waals surface area (Å²) in [5.74, 6) is 0.552. The minimum atomic E-state index is -3.62. The zero-order valence-electron chi connectivity index (χ0n) is 9.14. The molecule has 0 saturated carbocycles. The van der Waals surface area contributed by atoms with Crippen LogP contribution in [0.2, 0.25) is 0 Å². The summed E-state index contributed by atoms with van der Waals surface area (Å²) in [7, 11) is -3.62. The van der Waals surface area contributed by atoms with Crippen molar-refractivity contribution in [1.82, 2.24) is 14.7 Å². The number of hydrogen-bond acceptors (Lipinski definition) is 4. The summed E-state index contributed by atoms with van der Waals surface area (Å²) >= 11 is 0. The maximum Gasteiger partial charge on any atom is 0.228 e. The Labute approximate surface area is 94.8 Å². The van der Waals surface area contributed by atoms with Gasteiger partial charge >= 0.3 is 0 Å². The molecule has 0 aliphatic rings. The monoisotopic (exact) mass is 242 g/mol. The summed E-state index contributed by atoms with van der Waals surface area (Å²) in [5.41, 5.74) is 0. The number of H-pyrrole nitrogens is 1. The van der Waals surface area contributed by atoms with Crippen molar-refractivity contribution in [3.8, 4) is 6.07 Å². The summed E-state index contributed by atoms with van der Waals surface area (Å²) in [6.45, 7) is 3.18. The van der Waals surface area contributed by atoms with E-state index in [-0.39, 0.29) is 0 Å². The van der Waals surface area contributed by atoms with Crippen molar-refractivity contribution in [2.45, 2.75) is 31.6 Å². The SMILES string of the molecule is CCC(NS(=O)(=O)C(C)C#N)c1ncc[nH]1. The minimum Gasteiger partial charge on any atom is -0.347 e. The number of nitriles is 1. The van der Waals surface area contributed by atoms with Crippen molar-refractivity contribution < 1.29 is 8.42 Å². The van der Waals surface area contributed by atoms with E-state index in [1.54, 1.807) is 18.5 Å². The van der Waals surface area contributed by atoms with Gasteiger partial charge in [-0.05, 0) is 13.3 Å². The van der Waals surface area contributed by atoms with E-state index in [0.29, 0.717) is 12.2 Å². The number of rotatable bonds is 5. The van der Waals surface area contributed by atoms with Gasteiger partial charge in [-0.2, -0.15) is 5.26 Å². The molecule has 0 fully saturated rings. The van der Waals surface area contributed by atoms with Gasteiger partial charge in [0.05, 0.1) is 12.1 Å². The Hall–Kier alpha value is -1.39. The minimum absolute atomic E-state index is 0.421. The number of imidazole rings is 1. The predicted molar refractivity (Wildman–Crippen MR) is 58.8 cm³/mol. The number of nitrogens with zero attached hydrogens (tertiary/aromatic N) is 2. The Kier molecular flexibility index (Phi) is 4.04. The quantitative estimate of drug-likeness (QED) is 0.793. The van der Waals surface area contributed by atoms with Crippen LogP contribution in [0, 0.1) is 11.3 Å². The average Bonchev–Trinajstić information content (AvgIpc) is 2.78. The maximum absolute atomic E-state index is 11.7. The van der Waals surface area contributed by atoms with Crippen LogP contribution < -0.4 is 4.72 Å². The van der Waals surface area contributed by atoms with Crippen LogP contribution in [-0.2, 0) is 10.0 Å². The largest absolute Gasteiger partial charge is 0.347 e. The Morgan fingerprint density at radius 3 is 2.81 bits per heavy atom. The zero-order chi connectivity index (χ0) is 12.2. The van der Waals surface area contributed by atoms with Crippen LogP contribution in [0.15, 0.2) is 12.4 Å². The lowest BCUT2D eigenvalue weighted by Crippen LogP contribution is -2.35. The number of aromatic nitrogens is 2. The topological polar surface area (TPSA) is 98.6 Å². The van der Waals surface area contributed by atoms with Crippen LogP contribution in [0.3, 0.4) is 0 Å². The summed E-state index contributed by atoms with van der Waals surface area (Å²) in [6, 6.07) is 1.28. The molecule has 2 unspecified atom stereocenters. The van der Waals surface area contributed by atoms with E-state index in [9.17, 15) is 8.42 Å². The molecule has 2 atom stereocenters. The van der Waals surface area contributed by atoms with Crippen LogP contribution in [0.5, 0.6) is 0 Å². The van der Waals surface area contributed by atoms with E-state index < -0.39 is 21.3 Å². The summed E-state index contributed by atoms with van der Waals surface area (Å²) in [4.78, 5) is 6.84. The molecular weight excluding hydrogens is 228 g/mol. The molecule has 1 aromatic rings. The zero-order valence-corrected chi connectivity index (χ0v) is 9.95. The highest BCUT2D eigenvalue weighted by Crippen LogP contribution is 2.14. The molecule has 0 saturated heterocycles. The molecule has 0 spiro atoms. The van der Waals surface area contributed by atoms with Crippen molar-refractivity contribution in [3.63, 3.8) is 0 Å². The molecule has 0 aromatic carbocycles. The van der Waals surface area contributed by atoms with Crippen LogP contribution in [0.1, 0.15) is 32.1 Å². The first-order valence-electron chi connectivity index (χ1n) is 4.91. The molecule has 1 aromatic heterocycles. The highest BCUT2D eigenvalue weighted by molar-refractivity contribution is 7.90. The van der Waals surface area contributed by atoms with E-state index in [4.69, 9.17) is 5.26 Å². The van der Waals surface area contributed by atoms with Gasteiger partial charge < -0.3 is 4.98 Å². The summed E-state index contributed by atoms with van der Waals surface area (Å²) in [6.07, 6.45) is 3.74. The first-order chi connectivity index (χ1) is 7.51. The van der Waals surface area contributed by atoms with Gasteiger partial charge in [-0.25, -0.2) is 18.1 Å². The Morgan fingerprint density at radius 2 is 2.38 bits per heavy atom. The molecule has 0 amide bonds. The van der Waals surface area contributed by atoms with Crippen molar-refractivity contribution >= 4 is 10.0 Å². The smallest absolute Gasteiger partial charge is 0.228 e. The predicted octanol–water partition coefficient (Wildman–Crippen LogP) is 0.692. The molecule has 2 N–H and O–H groups in total. The average molecular weight is 242 g/mol. The van der Waals surface area contributed by atoms with E-state index in [1.165, 1.54) is 6.92 Å². The number of nitrogens with one attached hydrogen (secondary N) is 2. The van der Waals surface area contributed by atoms with E-state index in [1.807, 2.05) is 6.92 Å². The molecule has 0 bridgehead atoms. The Morgan fingerprint density at radius 1 is 1.69 bits per heavy atom. The van der Waals surface area contributed by atoms with Crippen molar-refractivity contribution in [2.75, 3.05) is 0 Å². The number of sulfonamides is 1. The lowest BCUT2D eigenvalue weighted by atomic mass is 10.2. The molecule has 1 rings (SSSR count). The lowest BCUT2D eigenvalue weighted by Gasteiger charge is -2.15. The Bertz CT molecular complexity index is 460. The summed E-state index contributed by atoms with van der Waals surface area (Å²) in [5, 5.41) is 7.52. The molecule has 6 nitrogen and oxygen atoms in total. The number of aromatic amines is 1. The van der Waals surface area contributed by atoms with Crippen molar-refractivity contribution in [1.29, 1.82) is 5.26 Å². The van der Waals surface area contributed by atoms with Gasteiger partial charge in [-0.1, -0.05) is 6.92 Å². The second-order valence-electron chi connectivity index (χ2n) is 3.37. The van der Waals surface area contributed by atoms with Crippen LogP contribution in [0.25, 0.3) is 0 Å². The Balaban J connectivity index is 2.84. The third-order valence-electron chi connectivity index (χ3n) is 2.21.